The van der Waals surface area contributed by atoms with Gasteiger partial charge in [0.2, 0.25) is 0 Å². The van der Waals surface area contributed by atoms with Crippen molar-refractivity contribution in [2.75, 3.05) is 18.4 Å². The van der Waals surface area contributed by atoms with Crippen LogP contribution >= 0.6 is 0 Å². The van der Waals surface area contributed by atoms with Crippen LogP contribution < -0.4 is 10.1 Å². The van der Waals surface area contributed by atoms with Crippen LogP contribution in [0.4, 0.5) is 10.5 Å². The Balaban J connectivity index is 1.32. The summed E-state index contributed by atoms with van der Waals surface area (Å²) in [6, 6.07) is 7.66. The smallest absolute Gasteiger partial charge is 0.321 e. The summed E-state index contributed by atoms with van der Waals surface area (Å²) in [4.78, 5) is 22.0. The van der Waals surface area contributed by atoms with Crippen molar-refractivity contribution in [3.8, 4) is 5.75 Å². The monoisotopic (exact) mass is 354 g/mol. The van der Waals surface area contributed by atoms with E-state index in [1.54, 1.807) is 6.20 Å². The van der Waals surface area contributed by atoms with Crippen molar-refractivity contribution >= 4 is 11.7 Å². The number of nitrogens with zero attached hydrogens (tertiary/aromatic N) is 2. The van der Waals surface area contributed by atoms with Crippen molar-refractivity contribution in [3.63, 3.8) is 0 Å². The number of carbonyl (C=O) groups excluding carboxylic acids is 1. The van der Waals surface area contributed by atoms with Gasteiger partial charge in [-0.1, -0.05) is 0 Å². The number of rotatable bonds is 4. The lowest BCUT2D eigenvalue weighted by molar-refractivity contribution is 0.191. The molecule has 2 aromatic rings. The Labute approximate surface area is 154 Å². The number of aromatic nitrogens is 2. The third-order valence-corrected chi connectivity index (χ3v) is 5.33. The van der Waals surface area contributed by atoms with E-state index >= 15 is 0 Å². The molecular formula is C20H26N4O2. The minimum absolute atomic E-state index is 0.0503. The van der Waals surface area contributed by atoms with E-state index in [-0.39, 0.29) is 11.9 Å². The maximum Gasteiger partial charge on any atom is 0.321 e. The molecular weight excluding hydrogens is 328 g/mol. The number of urea groups is 1. The highest BCUT2D eigenvalue weighted by atomic mass is 16.5. The molecule has 1 aliphatic carbocycles. The van der Waals surface area contributed by atoms with Crippen LogP contribution in [-0.2, 0) is 0 Å². The maximum absolute atomic E-state index is 12.6. The predicted molar refractivity (Wildman–Crippen MR) is 100 cm³/mol. The molecule has 1 saturated heterocycles. The average Bonchev–Trinajstić information content (AvgIpc) is 3.37. The molecule has 1 aliphatic heterocycles. The van der Waals surface area contributed by atoms with Gasteiger partial charge in [-0.3, -0.25) is 0 Å². The predicted octanol–water partition coefficient (Wildman–Crippen LogP) is 4.14. The molecule has 26 heavy (non-hydrogen) atoms. The van der Waals surface area contributed by atoms with Gasteiger partial charge < -0.3 is 19.9 Å². The van der Waals surface area contributed by atoms with Gasteiger partial charge in [0.15, 0.2) is 0 Å². The van der Waals surface area contributed by atoms with Crippen LogP contribution in [0.5, 0.6) is 5.75 Å². The van der Waals surface area contributed by atoms with Crippen LogP contribution in [-0.4, -0.2) is 40.1 Å². The van der Waals surface area contributed by atoms with Gasteiger partial charge in [0.25, 0.3) is 0 Å². The standard InChI is InChI=1S/C20H26N4O2/c25-20(24-13-3-4-15(14-24)19-21-11-12-22-19)23-16-7-9-18(10-8-16)26-17-5-1-2-6-17/h7-12,15,17H,1-6,13-14H2,(H,21,22)(H,23,25)/t15-/m1/s1. The largest absolute Gasteiger partial charge is 0.490 e. The number of benzene rings is 1. The van der Waals surface area contributed by atoms with Gasteiger partial charge >= 0.3 is 6.03 Å². The first-order valence-corrected chi connectivity index (χ1v) is 9.60. The summed E-state index contributed by atoms with van der Waals surface area (Å²) in [6.07, 6.45) is 10.8. The van der Waals surface area contributed by atoms with E-state index in [4.69, 9.17) is 4.74 Å². The van der Waals surface area contributed by atoms with E-state index in [0.717, 1.165) is 49.5 Å². The van der Waals surface area contributed by atoms with Gasteiger partial charge in [-0.15, -0.1) is 0 Å². The fourth-order valence-corrected chi connectivity index (χ4v) is 3.90. The first-order chi connectivity index (χ1) is 12.8. The van der Waals surface area contributed by atoms with Crippen molar-refractivity contribution in [2.24, 2.45) is 0 Å². The van der Waals surface area contributed by atoms with Gasteiger partial charge in [-0.2, -0.15) is 0 Å². The van der Waals surface area contributed by atoms with E-state index in [9.17, 15) is 4.79 Å². The summed E-state index contributed by atoms with van der Waals surface area (Å²) in [6.45, 7) is 1.48. The van der Waals surface area contributed by atoms with Crippen molar-refractivity contribution < 1.29 is 9.53 Å². The van der Waals surface area contributed by atoms with Crippen molar-refractivity contribution in [3.05, 3.63) is 42.5 Å². The molecule has 2 heterocycles. The Morgan fingerprint density at radius 2 is 1.96 bits per heavy atom. The first kappa shape index (κ1) is 16.9. The SMILES string of the molecule is O=C(Nc1ccc(OC2CCCC2)cc1)N1CCC[C@@H](c2ncc[nH]2)C1. The zero-order valence-corrected chi connectivity index (χ0v) is 15.0. The highest BCUT2D eigenvalue weighted by molar-refractivity contribution is 5.89. The third kappa shape index (κ3) is 4.00. The number of imidazole rings is 1. The number of piperidine rings is 1. The number of nitrogens with one attached hydrogen (secondary N) is 2. The van der Waals surface area contributed by atoms with E-state index in [1.807, 2.05) is 35.4 Å². The Kier molecular flexibility index (Phi) is 5.09. The number of aromatic amines is 1. The van der Waals surface area contributed by atoms with Crippen LogP contribution in [0.2, 0.25) is 0 Å². The topological polar surface area (TPSA) is 70.2 Å². The lowest BCUT2D eigenvalue weighted by atomic mass is 9.98. The number of carbonyl (C=O) groups is 1. The molecule has 4 rings (SSSR count). The third-order valence-electron chi connectivity index (χ3n) is 5.33. The fraction of sp³-hybridized carbons (Fsp3) is 0.500. The Hall–Kier alpha value is -2.50. The molecule has 2 aliphatic rings. The second-order valence-electron chi connectivity index (χ2n) is 7.24. The minimum Gasteiger partial charge on any atom is -0.490 e. The van der Waals surface area contributed by atoms with Gasteiger partial charge in [0.05, 0.1) is 6.10 Å². The molecule has 138 valence electrons. The molecule has 6 heteroatoms. The van der Waals surface area contributed by atoms with Crippen LogP contribution in [0.1, 0.15) is 50.3 Å². The second kappa shape index (κ2) is 7.81. The molecule has 2 N–H and O–H groups in total. The number of hydrogen-bond acceptors (Lipinski definition) is 3. The molecule has 2 amide bonds. The number of amides is 2. The highest BCUT2D eigenvalue weighted by Crippen LogP contribution is 2.26. The lowest BCUT2D eigenvalue weighted by Crippen LogP contribution is -2.41. The summed E-state index contributed by atoms with van der Waals surface area (Å²) in [7, 11) is 0. The van der Waals surface area contributed by atoms with E-state index < -0.39 is 0 Å². The molecule has 6 nitrogen and oxygen atoms in total. The minimum atomic E-state index is -0.0503. The Morgan fingerprint density at radius 3 is 2.69 bits per heavy atom. The number of ether oxygens (including phenoxy) is 1. The van der Waals surface area contributed by atoms with Crippen LogP contribution in [0, 0.1) is 0 Å². The van der Waals surface area contributed by atoms with Crippen molar-refractivity contribution in [2.45, 2.75) is 50.5 Å². The first-order valence-electron chi connectivity index (χ1n) is 9.60. The van der Waals surface area contributed by atoms with Crippen LogP contribution in [0.15, 0.2) is 36.7 Å². The van der Waals surface area contributed by atoms with E-state index in [2.05, 4.69) is 15.3 Å². The summed E-state index contributed by atoms with van der Waals surface area (Å²) in [5.41, 5.74) is 0.800. The zero-order chi connectivity index (χ0) is 17.8. The molecule has 2 fully saturated rings. The lowest BCUT2D eigenvalue weighted by Gasteiger charge is -2.31. The number of anilines is 1. The molecule has 1 aromatic carbocycles. The number of likely N-dealkylation sites (tertiary alicyclic amines) is 1. The zero-order valence-electron chi connectivity index (χ0n) is 15.0. The van der Waals surface area contributed by atoms with Crippen molar-refractivity contribution in [1.82, 2.24) is 14.9 Å². The summed E-state index contributed by atoms with van der Waals surface area (Å²) in [5, 5.41) is 3.00. The summed E-state index contributed by atoms with van der Waals surface area (Å²) >= 11 is 0. The Bertz CT molecular complexity index is 708. The van der Waals surface area contributed by atoms with Crippen LogP contribution in [0.25, 0.3) is 0 Å². The van der Waals surface area contributed by atoms with Gasteiger partial charge in [0, 0.05) is 37.1 Å². The van der Waals surface area contributed by atoms with Crippen LogP contribution in [0.3, 0.4) is 0 Å². The number of hydrogen-bond donors (Lipinski definition) is 2. The summed E-state index contributed by atoms with van der Waals surface area (Å²) < 4.78 is 5.97. The molecule has 0 spiro atoms. The van der Waals surface area contributed by atoms with Gasteiger partial charge in [0.1, 0.15) is 11.6 Å². The van der Waals surface area contributed by atoms with E-state index in [1.165, 1.54) is 12.8 Å². The molecule has 0 radical (unpaired) electrons. The molecule has 0 bridgehead atoms. The summed E-state index contributed by atoms with van der Waals surface area (Å²) in [5.74, 6) is 2.13. The Morgan fingerprint density at radius 1 is 1.15 bits per heavy atom. The number of H-pyrrole nitrogens is 1. The quantitative estimate of drug-likeness (QED) is 0.867. The maximum atomic E-state index is 12.6. The molecule has 1 saturated carbocycles. The fourth-order valence-electron chi connectivity index (χ4n) is 3.90. The van der Waals surface area contributed by atoms with Gasteiger partial charge in [-0.05, 0) is 62.8 Å². The molecule has 1 atom stereocenters. The van der Waals surface area contributed by atoms with Gasteiger partial charge in [-0.25, -0.2) is 9.78 Å². The normalized spacial score (nSPS) is 20.9. The van der Waals surface area contributed by atoms with E-state index in [0.29, 0.717) is 12.6 Å². The second-order valence-corrected chi connectivity index (χ2v) is 7.24. The van der Waals surface area contributed by atoms with Crippen molar-refractivity contribution in [1.29, 1.82) is 0 Å². The average molecular weight is 354 g/mol. The molecule has 0 unspecified atom stereocenters. The molecule has 1 aromatic heterocycles. The highest BCUT2D eigenvalue weighted by Gasteiger charge is 2.26.